The molecule has 4 rings (SSSR count). The molecule has 0 bridgehead atoms. The first kappa shape index (κ1) is 23.8. The second-order valence-electron chi connectivity index (χ2n) is 8.02. The van der Waals surface area contributed by atoms with Crippen molar-refractivity contribution in [3.63, 3.8) is 0 Å². The lowest BCUT2D eigenvalue weighted by Gasteiger charge is -2.30. The Morgan fingerprint density at radius 3 is 2.91 bits per heavy atom. The molecule has 2 aliphatic heterocycles. The second kappa shape index (κ2) is 10.7. The van der Waals surface area contributed by atoms with E-state index in [9.17, 15) is 9.18 Å². The molecular formula is C22H25ClFN7O3. The van der Waals surface area contributed by atoms with E-state index < -0.39 is 23.8 Å². The summed E-state index contributed by atoms with van der Waals surface area (Å²) in [5, 5.41) is 21.1. The number of halogens is 2. The average Bonchev–Trinajstić information content (AvgIpc) is 2.84. The molecule has 1 atom stereocenters. The fourth-order valence-electron chi connectivity index (χ4n) is 3.91. The number of urea groups is 1. The molecule has 1 aromatic heterocycles. The number of carbonyl (C=O) groups is 1. The van der Waals surface area contributed by atoms with Crippen molar-refractivity contribution >= 4 is 35.9 Å². The van der Waals surface area contributed by atoms with Crippen molar-refractivity contribution in [2.24, 2.45) is 0 Å². The first-order valence-electron chi connectivity index (χ1n) is 10.9. The van der Waals surface area contributed by atoms with Gasteiger partial charge in [0, 0.05) is 32.0 Å². The highest BCUT2D eigenvalue weighted by Crippen LogP contribution is 2.23. The Kier molecular flexibility index (Phi) is 7.53. The predicted molar refractivity (Wildman–Crippen MR) is 124 cm³/mol. The number of hydrogen-bond acceptors (Lipinski definition) is 8. The molecule has 180 valence electrons. The van der Waals surface area contributed by atoms with Crippen molar-refractivity contribution in [1.29, 1.82) is 10.8 Å². The Balaban J connectivity index is 1.47. The number of rotatable bonds is 6. The van der Waals surface area contributed by atoms with Gasteiger partial charge in [0.25, 0.3) is 0 Å². The van der Waals surface area contributed by atoms with Crippen LogP contribution >= 0.6 is 11.6 Å². The molecule has 4 N–H and O–H groups in total. The summed E-state index contributed by atoms with van der Waals surface area (Å²) in [5.41, 5.74) is 1.98. The molecule has 0 radical (unpaired) electrons. The highest BCUT2D eigenvalue weighted by atomic mass is 35.5. The molecule has 0 saturated carbocycles. The van der Waals surface area contributed by atoms with Crippen molar-refractivity contribution in [2.45, 2.75) is 37.9 Å². The maximum atomic E-state index is 14.0. The van der Waals surface area contributed by atoms with Crippen LogP contribution in [0.3, 0.4) is 0 Å². The van der Waals surface area contributed by atoms with Gasteiger partial charge in [-0.05, 0) is 42.5 Å². The maximum Gasteiger partial charge on any atom is 0.318 e. The normalized spacial score (nSPS) is 16.8. The standard InChI is InChI=1S/C22H25ClFN7O3/c23-16-2-1-13(9-17(16)24)19(20(26)34-12-25)30-22(32)31-6-3-14-10-27-21(29-18(14)11-31)28-15-4-7-33-8-5-15/h1-2,9-10,12,15,19,25-26H,3-8,11H2,(H,30,32)(H,27,28,29). The van der Waals surface area contributed by atoms with Crippen LogP contribution in [-0.4, -0.2) is 59.0 Å². The predicted octanol–water partition coefficient (Wildman–Crippen LogP) is 3.27. The van der Waals surface area contributed by atoms with Gasteiger partial charge in [-0.3, -0.25) is 10.8 Å². The summed E-state index contributed by atoms with van der Waals surface area (Å²) in [4.78, 5) is 23.7. The SMILES string of the molecule is N=COC(=N)C(NC(=O)N1CCc2cnc(NC3CCOCC3)nc2C1)c1ccc(Cl)c(F)c1. The molecule has 10 nitrogen and oxygen atoms in total. The van der Waals surface area contributed by atoms with Crippen molar-refractivity contribution in [3.8, 4) is 0 Å². The summed E-state index contributed by atoms with van der Waals surface area (Å²) >= 11 is 5.76. The van der Waals surface area contributed by atoms with Gasteiger partial charge in [0.05, 0.1) is 17.3 Å². The molecule has 1 fully saturated rings. The topological polar surface area (TPSA) is 136 Å². The van der Waals surface area contributed by atoms with Crippen LogP contribution in [0.15, 0.2) is 24.4 Å². The number of amides is 2. The summed E-state index contributed by atoms with van der Waals surface area (Å²) in [6.07, 6.45) is 4.70. The highest BCUT2D eigenvalue weighted by molar-refractivity contribution is 6.30. The van der Waals surface area contributed by atoms with Crippen molar-refractivity contribution in [1.82, 2.24) is 20.2 Å². The highest BCUT2D eigenvalue weighted by Gasteiger charge is 2.28. The number of anilines is 1. The maximum absolute atomic E-state index is 14.0. The third kappa shape index (κ3) is 5.60. The lowest BCUT2D eigenvalue weighted by molar-refractivity contribution is 0.0903. The molecule has 2 amide bonds. The van der Waals surface area contributed by atoms with Crippen LogP contribution in [0.1, 0.15) is 35.7 Å². The molecule has 1 saturated heterocycles. The number of aromatic nitrogens is 2. The number of nitrogens with one attached hydrogen (secondary N) is 4. The fourth-order valence-corrected chi connectivity index (χ4v) is 4.03. The monoisotopic (exact) mass is 489 g/mol. The van der Waals surface area contributed by atoms with E-state index in [1.807, 2.05) is 0 Å². The Morgan fingerprint density at radius 1 is 1.38 bits per heavy atom. The molecule has 3 heterocycles. The summed E-state index contributed by atoms with van der Waals surface area (Å²) in [6.45, 7) is 2.08. The van der Waals surface area contributed by atoms with Crippen LogP contribution in [0, 0.1) is 16.6 Å². The minimum atomic E-state index is -1.10. The molecular weight excluding hydrogens is 465 g/mol. The lowest BCUT2D eigenvalue weighted by atomic mass is 10.1. The minimum absolute atomic E-state index is 0.0779. The second-order valence-corrected chi connectivity index (χ2v) is 8.43. The Hall–Kier alpha value is -3.31. The first-order valence-corrected chi connectivity index (χ1v) is 11.3. The lowest BCUT2D eigenvalue weighted by Crippen LogP contribution is -2.46. The van der Waals surface area contributed by atoms with E-state index in [-0.39, 0.29) is 23.2 Å². The van der Waals surface area contributed by atoms with Gasteiger partial charge in [0.15, 0.2) is 6.40 Å². The largest absolute Gasteiger partial charge is 0.430 e. The fraction of sp³-hybridized carbons (Fsp3) is 0.409. The number of fused-ring (bicyclic) bond motifs is 1. The van der Waals surface area contributed by atoms with E-state index in [0.717, 1.165) is 30.2 Å². The van der Waals surface area contributed by atoms with Gasteiger partial charge in [-0.15, -0.1) is 0 Å². The molecule has 0 spiro atoms. The summed E-state index contributed by atoms with van der Waals surface area (Å²) in [7, 11) is 0. The molecule has 12 heteroatoms. The third-order valence-electron chi connectivity index (χ3n) is 5.78. The van der Waals surface area contributed by atoms with Gasteiger partial charge in [-0.25, -0.2) is 19.2 Å². The molecule has 34 heavy (non-hydrogen) atoms. The van der Waals surface area contributed by atoms with Gasteiger partial charge >= 0.3 is 6.03 Å². The Labute approximate surface area is 200 Å². The van der Waals surface area contributed by atoms with Gasteiger partial charge < -0.3 is 25.0 Å². The van der Waals surface area contributed by atoms with Crippen molar-refractivity contribution < 1.29 is 18.7 Å². The number of nitrogens with zero attached hydrogens (tertiary/aromatic N) is 3. The summed E-state index contributed by atoms with van der Waals surface area (Å²) in [6, 6.07) is 2.63. The zero-order valence-electron chi connectivity index (χ0n) is 18.3. The average molecular weight is 490 g/mol. The molecule has 2 aromatic rings. The van der Waals surface area contributed by atoms with Crippen LogP contribution in [0.25, 0.3) is 0 Å². The Bertz CT molecular complexity index is 1080. The molecule has 2 aliphatic rings. The zero-order valence-corrected chi connectivity index (χ0v) is 19.1. The smallest absolute Gasteiger partial charge is 0.318 e. The molecule has 0 aliphatic carbocycles. The van der Waals surface area contributed by atoms with Crippen LogP contribution in [0.5, 0.6) is 0 Å². The summed E-state index contributed by atoms with van der Waals surface area (Å²) in [5.74, 6) is -0.592. The van der Waals surface area contributed by atoms with E-state index in [2.05, 4.69) is 20.6 Å². The zero-order chi connectivity index (χ0) is 24.1. The van der Waals surface area contributed by atoms with Crippen molar-refractivity contribution in [3.05, 3.63) is 52.1 Å². The van der Waals surface area contributed by atoms with E-state index in [0.29, 0.717) is 38.5 Å². The molecule has 1 aromatic carbocycles. The van der Waals surface area contributed by atoms with Crippen LogP contribution in [0.2, 0.25) is 5.02 Å². The summed E-state index contributed by atoms with van der Waals surface area (Å²) < 4.78 is 24.3. The van der Waals surface area contributed by atoms with E-state index in [1.165, 1.54) is 12.1 Å². The quantitative estimate of drug-likeness (QED) is 0.363. The van der Waals surface area contributed by atoms with Gasteiger partial charge in [-0.1, -0.05) is 17.7 Å². The Morgan fingerprint density at radius 2 is 2.18 bits per heavy atom. The van der Waals surface area contributed by atoms with Crippen molar-refractivity contribution in [2.75, 3.05) is 25.1 Å². The van der Waals surface area contributed by atoms with Gasteiger partial charge in [0.1, 0.15) is 11.9 Å². The number of hydrogen-bond donors (Lipinski definition) is 4. The van der Waals surface area contributed by atoms with Crippen LogP contribution in [0.4, 0.5) is 15.1 Å². The number of ether oxygens (including phenoxy) is 2. The van der Waals surface area contributed by atoms with Gasteiger partial charge in [-0.2, -0.15) is 0 Å². The molecule has 1 unspecified atom stereocenters. The van der Waals surface area contributed by atoms with Crippen LogP contribution < -0.4 is 10.6 Å². The van der Waals surface area contributed by atoms with Gasteiger partial charge in [0.2, 0.25) is 11.8 Å². The van der Waals surface area contributed by atoms with E-state index in [1.54, 1.807) is 11.1 Å². The van der Waals surface area contributed by atoms with E-state index >= 15 is 0 Å². The number of benzene rings is 1. The van der Waals surface area contributed by atoms with Crippen LogP contribution in [-0.2, 0) is 22.4 Å². The third-order valence-corrected chi connectivity index (χ3v) is 6.09. The minimum Gasteiger partial charge on any atom is -0.430 e. The number of carbonyl (C=O) groups excluding carboxylic acids is 1. The van der Waals surface area contributed by atoms with E-state index in [4.69, 9.17) is 31.9 Å². The first-order chi connectivity index (χ1) is 16.4.